The molecule has 0 aromatic carbocycles. The van der Waals surface area contributed by atoms with E-state index < -0.39 is 58.2 Å². The van der Waals surface area contributed by atoms with Gasteiger partial charge in [0.15, 0.2) is 0 Å². The molecule has 8 atom stereocenters. The third-order valence-electron chi connectivity index (χ3n) is 10.9. The Morgan fingerprint density at radius 2 is 1.88 bits per heavy atom. The van der Waals surface area contributed by atoms with E-state index in [0.29, 0.717) is 18.4 Å². The molecule has 0 saturated heterocycles. The van der Waals surface area contributed by atoms with Crippen molar-refractivity contribution in [3.05, 3.63) is 47.5 Å². The zero-order chi connectivity index (χ0) is 29.2. The first-order valence-electron chi connectivity index (χ1n) is 14.2. The smallest absolute Gasteiger partial charge is 0.333 e. The van der Waals surface area contributed by atoms with Gasteiger partial charge in [-0.3, -0.25) is 9.59 Å². The van der Waals surface area contributed by atoms with Crippen LogP contribution in [0, 0.1) is 39.9 Å². The fraction of sp³-hybridized carbons (Fsp3) is 0.625. The van der Waals surface area contributed by atoms with E-state index in [9.17, 15) is 19.2 Å². The van der Waals surface area contributed by atoms with Crippen LogP contribution in [0.3, 0.4) is 0 Å². The van der Waals surface area contributed by atoms with Crippen molar-refractivity contribution in [2.75, 3.05) is 7.11 Å². The first kappa shape index (κ1) is 28.4. The van der Waals surface area contributed by atoms with E-state index in [2.05, 4.69) is 6.92 Å². The third-order valence-corrected chi connectivity index (χ3v) is 10.9. The number of allylic oxidation sites excluding steroid dienone is 1. The molecule has 3 aliphatic carbocycles. The van der Waals surface area contributed by atoms with Crippen LogP contribution in [0.1, 0.15) is 78.9 Å². The molecule has 0 amide bonds. The van der Waals surface area contributed by atoms with Gasteiger partial charge in [-0.05, 0) is 62.5 Å². The van der Waals surface area contributed by atoms with Crippen LogP contribution in [0.15, 0.2) is 46.3 Å². The molecule has 8 heteroatoms. The van der Waals surface area contributed by atoms with Gasteiger partial charge < -0.3 is 18.6 Å². The Morgan fingerprint density at radius 3 is 2.50 bits per heavy atom. The first-order chi connectivity index (χ1) is 18.8. The number of furan rings is 1. The predicted molar refractivity (Wildman–Crippen MR) is 144 cm³/mol. The number of hydrogen-bond acceptors (Lipinski definition) is 8. The molecule has 0 unspecified atom stereocenters. The van der Waals surface area contributed by atoms with Crippen molar-refractivity contribution in [1.29, 1.82) is 0 Å². The van der Waals surface area contributed by atoms with Gasteiger partial charge in [0.2, 0.25) is 0 Å². The highest BCUT2D eigenvalue weighted by Gasteiger charge is 2.70. The third kappa shape index (κ3) is 4.00. The van der Waals surface area contributed by atoms with Crippen molar-refractivity contribution < 1.29 is 37.8 Å². The summed E-state index contributed by atoms with van der Waals surface area (Å²) >= 11 is 0. The van der Waals surface area contributed by atoms with E-state index in [0.717, 1.165) is 17.6 Å². The van der Waals surface area contributed by atoms with Gasteiger partial charge in [0.25, 0.3) is 0 Å². The number of fused-ring (bicyclic) bond motifs is 6. The summed E-state index contributed by atoms with van der Waals surface area (Å²) in [6.07, 6.45) is 7.20. The van der Waals surface area contributed by atoms with Gasteiger partial charge in [0, 0.05) is 39.9 Å². The topological polar surface area (TPSA) is 109 Å². The second kappa shape index (κ2) is 9.74. The molecular weight excluding hydrogens is 512 g/mol. The van der Waals surface area contributed by atoms with Crippen molar-refractivity contribution in [1.82, 2.24) is 0 Å². The molecule has 2 bridgehead atoms. The highest BCUT2D eigenvalue weighted by atomic mass is 16.6. The number of ether oxygens (including phenoxy) is 3. The van der Waals surface area contributed by atoms with Crippen molar-refractivity contribution >= 4 is 23.7 Å². The van der Waals surface area contributed by atoms with Crippen LogP contribution in [0.25, 0.3) is 0 Å². The molecule has 3 saturated carbocycles. The van der Waals surface area contributed by atoms with Crippen molar-refractivity contribution in [3.8, 4) is 0 Å². The summed E-state index contributed by atoms with van der Waals surface area (Å²) in [5.74, 6) is -2.46. The first-order valence-corrected chi connectivity index (χ1v) is 14.2. The molecular formula is C32H40O8. The Bertz CT molecular complexity index is 1290. The number of Topliss-reactive ketones (excluding diaryl/α,β-unsaturated/α-hetero) is 1. The summed E-state index contributed by atoms with van der Waals surface area (Å²) in [7, 11) is 1.35. The lowest BCUT2D eigenvalue weighted by Gasteiger charge is -2.65. The molecule has 3 fully saturated rings. The Balaban J connectivity index is 1.63. The van der Waals surface area contributed by atoms with E-state index in [1.807, 2.05) is 26.8 Å². The molecule has 5 rings (SSSR count). The van der Waals surface area contributed by atoms with E-state index in [1.54, 1.807) is 38.5 Å². The van der Waals surface area contributed by atoms with Gasteiger partial charge in [-0.2, -0.15) is 0 Å². The minimum Gasteiger partial charge on any atom is -0.472 e. The summed E-state index contributed by atoms with van der Waals surface area (Å²) in [6.45, 7) is 11.6. The van der Waals surface area contributed by atoms with Crippen molar-refractivity contribution in [3.63, 3.8) is 0 Å². The summed E-state index contributed by atoms with van der Waals surface area (Å²) in [5, 5.41) is 0. The minimum atomic E-state index is -0.877. The normalized spacial score (nSPS) is 38.4. The molecule has 216 valence electrons. The molecule has 0 spiro atoms. The second-order valence-electron chi connectivity index (χ2n) is 13.1. The summed E-state index contributed by atoms with van der Waals surface area (Å²) in [4.78, 5) is 53.3. The maximum atomic E-state index is 14.5. The van der Waals surface area contributed by atoms with Gasteiger partial charge in [-0.25, -0.2) is 9.59 Å². The molecule has 2 heterocycles. The molecule has 8 nitrogen and oxygen atoms in total. The molecule has 40 heavy (non-hydrogen) atoms. The van der Waals surface area contributed by atoms with E-state index in [1.165, 1.54) is 7.11 Å². The zero-order valence-electron chi connectivity index (χ0n) is 24.4. The van der Waals surface area contributed by atoms with E-state index in [4.69, 9.17) is 18.6 Å². The Labute approximate surface area is 235 Å². The maximum Gasteiger partial charge on any atom is 0.333 e. The highest BCUT2D eigenvalue weighted by molar-refractivity contribution is 5.93. The lowest BCUT2D eigenvalue weighted by atomic mass is 9.38. The van der Waals surface area contributed by atoms with Crippen LogP contribution in [-0.2, 0) is 33.4 Å². The second-order valence-corrected chi connectivity index (χ2v) is 13.1. The standard InChI is InChI=1S/C32H40O8/c1-8-17(2)29(36)40-28-20-13-19-21(32(6,26(20)35)23(30(28,3)4)15-24(33)37-7)9-11-31(5)22(19)14-25(34)39-27(31)18-10-12-38-16-18/h8,10,12,14,16,19-21,23,27-28H,9,11,13,15H2,1-7H3/t19-,20-,21+,23+,27+,28-,31-,32-/m1/s1. The fourth-order valence-corrected chi connectivity index (χ4v) is 8.70. The van der Waals surface area contributed by atoms with Crippen LogP contribution in [0.4, 0.5) is 0 Å². The monoisotopic (exact) mass is 552 g/mol. The van der Waals surface area contributed by atoms with E-state index >= 15 is 0 Å². The molecule has 4 aliphatic rings. The number of carbonyl (C=O) groups excluding carboxylic acids is 4. The average Bonchev–Trinajstić information content (AvgIpc) is 3.45. The Morgan fingerprint density at radius 1 is 1.15 bits per heavy atom. The lowest BCUT2D eigenvalue weighted by Crippen LogP contribution is -2.68. The average molecular weight is 553 g/mol. The molecule has 1 aliphatic heterocycles. The fourth-order valence-electron chi connectivity index (χ4n) is 8.70. The zero-order valence-corrected chi connectivity index (χ0v) is 24.4. The number of rotatable bonds is 5. The molecule has 0 radical (unpaired) electrons. The van der Waals surface area contributed by atoms with Gasteiger partial charge in [0.1, 0.15) is 18.0 Å². The molecule has 1 aromatic heterocycles. The van der Waals surface area contributed by atoms with Crippen LogP contribution in [-0.4, -0.2) is 36.9 Å². The number of esters is 3. The van der Waals surface area contributed by atoms with Crippen molar-refractivity contribution in [2.24, 2.45) is 39.9 Å². The Kier molecular flexibility index (Phi) is 6.91. The number of cyclic esters (lactones) is 1. The van der Waals surface area contributed by atoms with Crippen LogP contribution in [0.2, 0.25) is 0 Å². The molecule has 1 aromatic rings. The summed E-state index contributed by atoms with van der Waals surface area (Å²) in [6, 6.07) is 1.83. The van der Waals surface area contributed by atoms with Gasteiger partial charge >= 0.3 is 17.9 Å². The lowest BCUT2D eigenvalue weighted by molar-refractivity contribution is -0.209. The number of ketones is 1. The molecule has 0 N–H and O–H groups in total. The largest absolute Gasteiger partial charge is 0.472 e. The predicted octanol–water partition coefficient (Wildman–Crippen LogP) is 5.53. The van der Waals surface area contributed by atoms with Crippen LogP contribution < -0.4 is 0 Å². The minimum absolute atomic E-state index is 0.0342. The highest BCUT2D eigenvalue weighted by Crippen LogP contribution is 2.69. The number of carbonyl (C=O) groups is 4. The summed E-state index contributed by atoms with van der Waals surface area (Å²) < 4.78 is 22.5. The number of methoxy groups -OCH3 is 1. The SMILES string of the molecule is CC=C(C)C(=O)O[C@@H]1[C@@H]2C[C@H]3C4=CC(=O)O[C@@H](c5ccoc5)[C@]4(C)CC[C@@H]3[C@@](C)(C2=O)[C@@H](CC(=O)OC)C1(C)C. The Hall–Kier alpha value is -3.16. The van der Waals surface area contributed by atoms with Gasteiger partial charge in [-0.1, -0.05) is 33.8 Å². The van der Waals surface area contributed by atoms with Crippen LogP contribution >= 0.6 is 0 Å². The van der Waals surface area contributed by atoms with E-state index in [-0.39, 0.29) is 24.0 Å². The van der Waals surface area contributed by atoms with Crippen molar-refractivity contribution in [2.45, 2.75) is 79.4 Å². The van der Waals surface area contributed by atoms with Gasteiger partial charge in [-0.15, -0.1) is 0 Å². The van der Waals surface area contributed by atoms with Gasteiger partial charge in [0.05, 0.1) is 25.6 Å². The maximum absolute atomic E-state index is 14.5. The van der Waals surface area contributed by atoms with Crippen LogP contribution in [0.5, 0.6) is 0 Å². The number of hydrogen-bond donors (Lipinski definition) is 0. The quantitative estimate of drug-likeness (QED) is 0.267. The summed E-state index contributed by atoms with van der Waals surface area (Å²) in [5.41, 5.74) is 0.193.